The highest BCUT2D eigenvalue weighted by atomic mass is 127. The Morgan fingerprint density at radius 1 is 1.24 bits per heavy atom. The fourth-order valence-corrected chi connectivity index (χ4v) is 3.45. The highest BCUT2D eigenvalue weighted by Gasteiger charge is 2.16. The molecule has 1 aromatic heterocycles. The van der Waals surface area contributed by atoms with E-state index >= 15 is 0 Å². The molecule has 0 amide bonds. The van der Waals surface area contributed by atoms with Gasteiger partial charge in [0, 0.05) is 44.2 Å². The summed E-state index contributed by atoms with van der Waals surface area (Å²) in [7, 11) is 0. The molecule has 2 aromatic rings. The van der Waals surface area contributed by atoms with Crippen molar-refractivity contribution in [2.24, 2.45) is 4.99 Å². The molecule has 0 saturated carbocycles. The van der Waals surface area contributed by atoms with Crippen LogP contribution in [-0.4, -0.2) is 39.9 Å². The summed E-state index contributed by atoms with van der Waals surface area (Å²) in [5.74, 6) is 1.73. The van der Waals surface area contributed by atoms with Gasteiger partial charge >= 0.3 is 5.69 Å². The van der Waals surface area contributed by atoms with E-state index in [1.807, 2.05) is 35.8 Å². The van der Waals surface area contributed by atoms with Crippen molar-refractivity contribution in [3.63, 3.8) is 0 Å². The van der Waals surface area contributed by atoms with Gasteiger partial charge in [-0.1, -0.05) is 23.7 Å². The van der Waals surface area contributed by atoms with Crippen LogP contribution in [0.2, 0.25) is 5.02 Å². The summed E-state index contributed by atoms with van der Waals surface area (Å²) in [6.45, 7) is 5.69. The zero-order valence-electron chi connectivity index (χ0n) is 16.9. The van der Waals surface area contributed by atoms with Gasteiger partial charge in [-0.15, -0.1) is 24.0 Å². The molecule has 0 unspecified atom stereocenters. The number of halogens is 2. The number of nitrogens with zero attached hydrogens (tertiary/aromatic N) is 4. The number of aromatic nitrogens is 3. The molecule has 29 heavy (non-hydrogen) atoms. The van der Waals surface area contributed by atoms with Crippen molar-refractivity contribution in [3.8, 4) is 0 Å². The molecule has 3 rings (SSSR count). The Morgan fingerprint density at radius 3 is 2.76 bits per heavy atom. The van der Waals surface area contributed by atoms with E-state index in [9.17, 15) is 4.79 Å². The van der Waals surface area contributed by atoms with Crippen LogP contribution in [0.25, 0.3) is 0 Å². The molecule has 0 fully saturated rings. The standard InChI is InChI=1S/C20H29ClN6O.HI/c1-2-22-19(24-13-11-16-7-9-17(21)10-8-16)23-12-5-15-27-20(28)26-14-4-3-6-18(26)25-27;/h7-10H,2-6,11-15H2,1H3,(H2,22,23,24);1H. The van der Waals surface area contributed by atoms with Crippen LogP contribution >= 0.6 is 35.6 Å². The first kappa shape index (κ1) is 23.7. The van der Waals surface area contributed by atoms with E-state index in [0.29, 0.717) is 13.1 Å². The summed E-state index contributed by atoms with van der Waals surface area (Å²) in [4.78, 5) is 16.9. The van der Waals surface area contributed by atoms with Gasteiger partial charge in [0.25, 0.3) is 0 Å². The first-order valence-electron chi connectivity index (χ1n) is 10.1. The lowest BCUT2D eigenvalue weighted by atomic mass is 10.1. The zero-order valence-corrected chi connectivity index (χ0v) is 20.0. The number of aliphatic imine (C=N–C) groups is 1. The Balaban J connectivity index is 0.00000300. The van der Waals surface area contributed by atoms with Gasteiger partial charge in [-0.25, -0.2) is 9.48 Å². The molecule has 1 aliphatic rings. The van der Waals surface area contributed by atoms with Crippen molar-refractivity contribution in [2.45, 2.75) is 52.1 Å². The molecule has 0 bridgehead atoms. The van der Waals surface area contributed by atoms with E-state index in [1.54, 1.807) is 4.68 Å². The molecule has 0 aliphatic carbocycles. The summed E-state index contributed by atoms with van der Waals surface area (Å²) in [6, 6.07) is 7.89. The van der Waals surface area contributed by atoms with Crippen molar-refractivity contribution in [3.05, 3.63) is 51.2 Å². The Hall–Kier alpha value is -1.55. The minimum atomic E-state index is 0. The van der Waals surface area contributed by atoms with Crippen LogP contribution in [0.3, 0.4) is 0 Å². The molecule has 2 heterocycles. The molecule has 0 radical (unpaired) electrons. The lowest BCUT2D eigenvalue weighted by molar-refractivity contribution is 0.509. The summed E-state index contributed by atoms with van der Waals surface area (Å²) < 4.78 is 3.41. The maximum Gasteiger partial charge on any atom is 0.345 e. The van der Waals surface area contributed by atoms with Gasteiger partial charge in [0.05, 0.1) is 0 Å². The molecule has 9 heteroatoms. The quantitative estimate of drug-likeness (QED) is 0.237. The molecule has 1 aromatic carbocycles. The molecule has 0 spiro atoms. The number of aryl methyl sites for hydroxylation is 2. The van der Waals surface area contributed by atoms with E-state index in [1.165, 1.54) is 5.56 Å². The Bertz CT molecular complexity index is 846. The van der Waals surface area contributed by atoms with Gasteiger partial charge in [0.1, 0.15) is 5.82 Å². The van der Waals surface area contributed by atoms with Gasteiger partial charge in [-0.3, -0.25) is 9.56 Å². The van der Waals surface area contributed by atoms with Gasteiger partial charge in [-0.2, -0.15) is 5.10 Å². The fraction of sp³-hybridized carbons (Fsp3) is 0.550. The number of nitrogens with one attached hydrogen (secondary N) is 2. The molecular weight excluding hydrogens is 503 g/mol. The van der Waals surface area contributed by atoms with Crippen molar-refractivity contribution < 1.29 is 0 Å². The number of hydrogen-bond donors (Lipinski definition) is 2. The maximum atomic E-state index is 12.3. The minimum absolute atomic E-state index is 0. The molecule has 0 saturated heterocycles. The predicted molar refractivity (Wildman–Crippen MR) is 129 cm³/mol. The average Bonchev–Trinajstić information content (AvgIpc) is 3.03. The van der Waals surface area contributed by atoms with Gasteiger partial charge in [-0.05, 0) is 50.3 Å². The molecule has 160 valence electrons. The van der Waals surface area contributed by atoms with Crippen LogP contribution in [0, 0.1) is 0 Å². The topological polar surface area (TPSA) is 76.2 Å². The average molecular weight is 533 g/mol. The molecule has 2 N–H and O–H groups in total. The lowest BCUT2D eigenvalue weighted by Gasteiger charge is -2.11. The molecule has 1 aliphatic heterocycles. The second-order valence-corrected chi connectivity index (χ2v) is 7.38. The highest BCUT2D eigenvalue weighted by Crippen LogP contribution is 2.10. The number of hydrogen-bond acceptors (Lipinski definition) is 3. The third-order valence-electron chi connectivity index (χ3n) is 4.79. The Labute approximate surface area is 194 Å². The van der Waals surface area contributed by atoms with Crippen LogP contribution in [0.4, 0.5) is 0 Å². The van der Waals surface area contributed by atoms with Crippen LogP contribution in [0.15, 0.2) is 34.1 Å². The predicted octanol–water partition coefficient (Wildman–Crippen LogP) is 2.84. The summed E-state index contributed by atoms with van der Waals surface area (Å²) >= 11 is 5.92. The van der Waals surface area contributed by atoms with Crippen LogP contribution < -0.4 is 16.3 Å². The summed E-state index contributed by atoms with van der Waals surface area (Å²) in [5.41, 5.74) is 1.25. The second kappa shape index (κ2) is 12.2. The Morgan fingerprint density at radius 2 is 2.03 bits per heavy atom. The van der Waals surface area contributed by atoms with E-state index in [2.05, 4.69) is 20.7 Å². The van der Waals surface area contributed by atoms with E-state index in [-0.39, 0.29) is 29.7 Å². The van der Waals surface area contributed by atoms with Gasteiger partial charge in [0.2, 0.25) is 0 Å². The first-order valence-corrected chi connectivity index (χ1v) is 10.5. The largest absolute Gasteiger partial charge is 0.357 e. The fourth-order valence-electron chi connectivity index (χ4n) is 3.32. The van der Waals surface area contributed by atoms with Crippen LogP contribution in [0.1, 0.15) is 37.6 Å². The zero-order chi connectivity index (χ0) is 19.8. The van der Waals surface area contributed by atoms with E-state index < -0.39 is 0 Å². The van der Waals surface area contributed by atoms with Gasteiger partial charge < -0.3 is 10.6 Å². The third-order valence-corrected chi connectivity index (χ3v) is 5.05. The van der Waals surface area contributed by atoms with Gasteiger partial charge in [0.15, 0.2) is 5.96 Å². The molecule has 7 nitrogen and oxygen atoms in total. The normalized spacial score (nSPS) is 13.5. The first-order chi connectivity index (χ1) is 13.7. The van der Waals surface area contributed by atoms with E-state index in [0.717, 1.165) is 68.5 Å². The Kier molecular flexibility index (Phi) is 9.99. The minimum Gasteiger partial charge on any atom is -0.357 e. The highest BCUT2D eigenvalue weighted by molar-refractivity contribution is 14.0. The number of guanidine groups is 1. The summed E-state index contributed by atoms with van der Waals surface area (Å²) in [5, 5.41) is 11.8. The lowest BCUT2D eigenvalue weighted by Crippen LogP contribution is -2.38. The van der Waals surface area contributed by atoms with Crippen molar-refractivity contribution in [1.82, 2.24) is 25.0 Å². The molecular formula is C20H30ClIN6O. The SMILES string of the molecule is CCNC(=NCCCn1nc2n(c1=O)CCCC2)NCCc1ccc(Cl)cc1.I. The van der Waals surface area contributed by atoms with E-state index in [4.69, 9.17) is 11.6 Å². The maximum absolute atomic E-state index is 12.3. The number of fused-ring (bicyclic) bond motifs is 1. The van der Waals surface area contributed by atoms with Crippen molar-refractivity contribution in [1.29, 1.82) is 0 Å². The molecule has 0 atom stereocenters. The van der Waals surface area contributed by atoms with Crippen molar-refractivity contribution >= 4 is 41.5 Å². The number of benzene rings is 1. The van der Waals surface area contributed by atoms with Crippen molar-refractivity contribution in [2.75, 3.05) is 19.6 Å². The third kappa shape index (κ3) is 7.02. The van der Waals surface area contributed by atoms with Crippen LogP contribution in [0.5, 0.6) is 0 Å². The summed E-state index contributed by atoms with van der Waals surface area (Å²) in [6.07, 6.45) is 4.77. The van der Waals surface area contributed by atoms with Crippen LogP contribution in [-0.2, 0) is 25.9 Å². The smallest absolute Gasteiger partial charge is 0.345 e. The second-order valence-electron chi connectivity index (χ2n) is 6.95. The number of rotatable bonds is 8. The monoisotopic (exact) mass is 532 g/mol.